The van der Waals surface area contributed by atoms with E-state index in [1.54, 1.807) is 6.07 Å². The lowest BCUT2D eigenvalue weighted by molar-refractivity contribution is 0.273. The van der Waals surface area contributed by atoms with E-state index >= 15 is 0 Å². The fourth-order valence-electron chi connectivity index (χ4n) is 3.14. The van der Waals surface area contributed by atoms with Crippen LogP contribution in [0.5, 0.6) is 0 Å². The number of halogens is 1. The van der Waals surface area contributed by atoms with Gasteiger partial charge in [-0.25, -0.2) is 4.39 Å². The summed E-state index contributed by atoms with van der Waals surface area (Å²) >= 11 is 0. The minimum Gasteiger partial charge on any atom is -0.315 e. The summed E-state index contributed by atoms with van der Waals surface area (Å²) in [5.41, 5.74) is 5.21. The number of aryl methyl sites for hydroxylation is 2. The van der Waals surface area contributed by atoms with Crippen molar-refractivity contribution in [2.45, 2.75) is 25.7 Å². The second-order valence-corrected chi connectivity index (χ2v) is 5.94. The Balaban J connectivity index is 1.98. The Bertz CT molecular complexity index is 609. The van der Waals surface area contributed by atoms with Crippen molar-refractivity contribution in [2.24, 2.45) is 0 Å². The number of rotatable bonds is 3. The van der Waals surface area contributed by atoms with E-state index in [9.17, 15) is 4.39 Å². The van der Waals surface area contributed by atoms with Gasteiger partial charge in [-0.2, -0.15) is 0 Å². The number of hydrogen-bond donors (Lipinski definition) is 1. The molecule has 2 aromatic carbocycles. The summed E-state index contributed by atoms with van der Waals surface area (Å²) in [4.78, 5) is 0. The van der Waals surface area contributed by atoms with Gasteiger partial charge in [0, 0.05) is 18.5 Å². The molecule has 1 aliphatic heterocycles. The average molecular weight is 269 g/mol. The zero-order valence-corrected chi connectivity index (χ0v) is 12.0. The molecule has 1 heterocycles. The number of hydrogen-bond acceptors (Lipinski definition) is 1. The molecule has 0 radical (unpaired) electrons. The van der Waals surface area contributed by atoms with Gasteiger partial charge >= 0.3 is 0 Å². The lowest BCUT2D eigenvalue weighted by Crippen LogP contribution is -2.58. The summed E-state index contributed by atoms with van der Waals surface area (Å²) in [5.74, 6) is -0.143. The summed E-state index contributed by atoms with van der Waals surface area (Å²) in [6.45, 7) is 6.16. The third-order valence-electron chi connectivity index (χ3n) is 4.52. The molecule has 0 unspecified atom stereocenters. The van der Waals surface area contributed by atoms with Crippen LogP contribution in [0.25, 0.3) is 0 Å². The van der Waals surface area contributed by atoms with Crippen molar-refractivity contribution in [3.63, 3.8) is 0 Å². The predicted molar refractivity (Wildman–Crippen MR) is 80.6 cm³/mol. The first-order valence-corrected chi connectivity index (χ1v) is 7.13. The summed E-state index contributed by atoms with van der Waals surface area (Å²) in [7, 11) is 0. The van der Waals surface area contributed by atoms with E-state index in [1.165, 1.54) is 22.8 Å². The zero-order chi connectivity index (χ0) is 14.2. The highest BCUT2D eigenvalue weighted by molar-refractivity contribution is 5.40. The van der Waals surface area contributed by atoms with Gasteiger partial charge in [0.15, 0.2) is 0 Å². The molecule has 1 aliphatic rings. The molecular weight excluding hydrogens is 249 g/mol. The lowest BCUT2D eigenvalue weighted by Gasteiger charge is -2.44. The molecule has 2 aromatic rings. The largest absolute Gasteiger partial charge is 0.315 e. The normalized spacial score (nSPS) is 16.8. The molecular formula is C18H20FN. The topological polar surface area (TPSA) is 12.0 Å². The van der Waals surface area contributed by atoms with Crippen molar-refractivity contribution >= 4 is 0 Å². The van der Waals surface area contributed by atoms with Gasteiger partial charge in [0.1, 0.15) is 5.82 Å². The molecule has 2 heteroatoms. The highest BCUT2D eigenvalue weighted by Crippen LogP contribution is 2.34. The van der Waals surface area contributed by atoms with Crippen molar-refractivity contribution in [1.82, 2.24) is 5.32 Å². The van der Waals surface area contributed by atoms with E-state index in [1.807, 2.05) is 6.07 Å². The molecule has 0 amide bonds. The Morgan fingerprint density at radius 2 is 1.70 bits per heavy atom. The standard InChI is InChI=1S/C18H20FN/c1-13-5-3-6-14(2)17(13)10-18(11-20-12-18)15-7-4-8-16(19)9-15/h3-9,20H,10-12H2,1-2H3. The minimum absolute atomic E-state index is 0.0406. The van der Waals surface area contributed by atoms with E-state index in [0.717, 1.165) is 25.1 Å². The number of nitrogens with one attached hydrogen (secondary N) is 1. The van der Waals surface area contributed by atoms with Crippen LogP contribution in [0, 0.1) is 19.7 Å². The highest BCUT2D eigenvalue weighted by atomic mass is 19.1. The van der Waals surface area contributed by atoms with Crippen LogP contribution in [0.3, 0.4) is 0 Å². The first kappa shape index (κ1) is 13.3. The van der Waals surface area contributed by atoms with Gasteiger partial charge < -0.3 is 5.32 Å². The first-order valence-electron chi connectivity index (χ1n) is 7.13. The zero-order valence-electron chi connectivity index (χ0n) is 12.0. The SMILES string of the molecule is Cc1cccc(C)c1CC1(c2cccc(F)c2)CNC1. The molecule has 1 N–H and O–H groups in total. The molecule has 0 aliphatic carbocycles. The lowest BCUT2D eigenvalue weighted by atomic mass is 9.70. The molecule has 3 rings (SSSR count). The van der Waals surface area contributed by atoms with Crippen molar-refractivity contribution in [3.05, 3.63) is 70.5 Å². The fraction of sp³-hybridized carbons (Fsp3) is 0.333. The van der Waals surface area contributed by atoms with Gasteiger partial charge in [-0.05, 0) is 54.7 Å². The summed E-state index contributed by atoms with van der Waals surface area (Å²) in [5, 5.41) is 3.36. The van der Waals surface area contributed by atoms with Crippen LogP contribution in [0.2, 0.25) is 0 Å². The van der Waals surface area contributed by atoms with Gasteiger partial charge in [-0.15, -0.1) is 0 Å². The minimum atomic E-state index is -0.143. The quantitative estimate of drug-likeness (QED) is 0.899. The second kappa shape index (κ2) is 5.02. The van der Waals surface area contributed by atoms with Crippen molar-refractivity contribution < 1.29 is 4.39 Å². The van der Waals surface area contributed by atoms with Crippen LogP contribution in [-0.2, 0) is 11.8 Å². The van der Waals surface area contributed by atoms with Crippen molar-refractivity contribution in [2.75, 3.05) is 13.1 Å². The van der Waals surface area contributed by atoms with Gasteiger partial charge in [0.2, 0.25) is 0 Å². The monoisotopic (exact) mass is 269 g/mol. The summed E-state index contributed by atoms with van der Waals surface area (Å²) < 4.78 is 13.5. The molecule has 104 valence electrons. The van der Waals surface area contributed by atoms with E-state index in [4.69, 9.17) is 0 Å². The maximum Gasteiger partial charge on any atom is 0.123 e. The highest BCUT2D eigenvalue weighted by Gasteiger charge is 2.39. The van der Waals surface area contributed by atoms with Gasteiger partial charge in [-0.1, -0.05) is 30.3 Å². The Kier molecular flexibility index (Phi) is 3.35. The Morgan fingerprint density at radius 3 is 2.25 bits per heavy atom. The van der Waals surface area contributed by atoms with Crippen LogP contribution < -0.4 is 5.32 Å². The van der Waals surface area contributed by atoms with E-state index < -0.39 is 0 Å². The Morgan fingerprint density at radius 1 is 1.05 bits per heavy atom. The Hall–Kier alpha value is -1.67. The van der Waals surface area contributed by atoms with Crippen LogP contribution in [0.15, 0.2) is 42.5 Å². The first-order chi connectivity index (χ1) is 9.61. The van der Waals surface area contributed by atoms with E-state index in [0.29, 0.717) is 0 Å². The van der Waals surface area contributed by atoms with Gasteiger partial charge in [-0.3, -0.25) is 0 Å². The van der Waals surface area contributed by atoms with E-state index in [2.05, 4.69) is 43.4 Å². The van der Waals surface area contributed by atoms with Crippen LogP contribution in [0.1, 0.15) is 22.3 Å². The van der Waals surface area contributed by atoms with Crippen LogP contribution in [-0.4, -0.2) is 13.1 Å². The molecule has 1 saturated heterocycles. The Labute approximate surface area is 119 Å². The second-order valence-electron chi connectivity index (χ2n) is 5.94. The predicted octanol–water partition coefficient (Wildman–Crippen LogP) is 3.53. The van der Waals surface area contributed by atoms with Crippen LogP contribution in [0.4, 0.5) is 4.39 Å². The fourth-order valence-corrected chi connectivity index (χ4v) is 3.14. The van der Waals surface area contributed by atoms with Gasteiger partial charge in [0.05, 0.1) is 0 Å². The molecule has 0 bridgehead atoms. The summed E-state index contributed by atoms with van der Waals surface area (Å²) in [6, 6.07) is 13.5. The van der Waals surface area contributed by atoms with Crippen LogP contribution >= 0.6 is 0 Å². The smallest absolute Gasteiger partial charge is 0.123 e. The summed E-state index contributed by atoms with van der Waals surface area (Å²) in [6.07, 6.45) is 0.974. The third kappa shape index (κ3) is 2.25. The van der Waals surface area contributed by atoms with E-state index in [-0.39, 0.29) is 11.2 Å². The molecule has 0 spiro atoms. The average Bonchev–Trinajstić information content (AvgIpc) is 2.36. The maximum absolute atomic E-state index is 13.5. The third-order valence-corrected chi connectivity index (χ3v) is 4.52. The molecule has 0 saturated carbocycles. The molecule has 1 fully saturated rings. The maximum atomic E-state index is 13.5. The number of benzene rings is 2. The van der Waals surface area contributed by atoms with Crippen molar-refractivity contribution in [1.29, 1.82) is 0 Å². The van der Waals surface area contributed by atoms with Gasteiger partial charge in [0.25, 0.3) is 0 Å². The molecule has 0 aromatic heterocycles. The molecule has 1 nitrogen and oxygen atoms in total. The molecule has 0 atom stereocenters. The van der Waals surface area contributed by atoms with Crippen molar-refractivity contribution in [3.8, 4) is 0 Å². The molecule has 20 heavy (non-hydrogen) atoms.